The van der Waals surface area contributed by atoms with Crippen LogP contribution in [0.15, 0.2) is 24.3 Å². The molecule has 0 spiro atoms. The highest BCUT2D eigenvalue weighted by Gasteiger charge is 2.18. The average Bonchev–Trinajstić information content (AvgIpc) is 2.58. The third kappa shape index (κ3) is 5.49. The van der Waals surface area contributed by atoms with Gasteiger partial charge in [-0.3, -0.25) is 9.69 Å². The lowest BCUT2D eigenvalue weighted by Crippen LogP contribution is -2.47. The number of amides is 1. The molecule has 24 heavy (non-hydrogen) atoms. The van der Waals surface area contributed by atoms with E-state index in [1.807, 2.05) is 13.8 Å². The quantitative estimate of drug-likeness (QED) is 0.745. The summed E-state index contributed by atoms with van der Waals surface area (Å²) in [5, 5.41) is 2.99. The lowest BCUT2D eigenvalue weighted by atomic mass is 10.0. The summed E-state index contributed by atoms with van der Waals surface area (Å²) in [6.45, 7) is 12.0. The number of nitrogens with one attached hydrogen (secondary N) is 1. The van der Waals surface area contributed by atoms with Gasteiger partial charge >= 0.3 is 0 Å². The normalized spacial score (nSPS) is 18.2. The van der Waals surface area contributed by atoms with Crippen LogP contribution in [-0.4, -0.2) is 56.1 Å². The molecule has 3 N–H and O–H groups in total. The van der Waals surface area contributed by atoms with Gasteiger partial charge in [0.1, 0.15) is 0 Å². The summed E-state index contributed by atoms with van der Waals surface area (Å²) in [5.74, 6) is -0.0582. The number of carbonyl (C=O) groups excluding carboxylic acids is 1. The molecular formula is C19H32N4O. The smallest absolute Gasteiger partial charge is 0.224 e. The van der Waals surface area contributed by atoms with Crippen molar-refractivity contribution in [2.24, 2.45) is 11.7 Å². The van der Waals surface area contributed by atoms with Crippen molar-refractivity contribution in [1.82, 2.24) is 10.2 Å². The van der Waals surface area contributed by atoms with Crippen LogP contribution in [0.5, 0.6) is 0 Å². The van der Waals surface area contributed by atoms with E-state index in [2.05, 4.69) is 46.3 Å². The van der Waals surface area contributed by atoms with Gasteiger partial charge in [0.2, 0.25) is 5.91 Å². The summed E-state index contributed by atoms with van der Waals surface area (Å²) in [5.41, 5.74) is 8.39. The average molecular weight is 332 g/mol. The fourth-order valence-electron chi connectivity index (χ4n) is 2.97. The number of anilines is 1. The minimum Gasteiger partial charge on any atom is -0.369 e. The van der Waals surface area contributed by atoms with Crippen molar-refractivity contribution < 1.29 is 4.79 Å². The Morgan fingerprint density at radius 2 is 1.96 bits per heavy atom. The second kappa shape index (κ2) is 9.04. The summed E-state index contributed by atoms with van der Waals surface area (Å²) in [7, 11) is 0. The third-order valence-corrected chi connectivity index (χ3v) is 4.89. The number of benzene rings is 1. The molecule has 1 aromatic rings. The topological polar surface area (TPSA) is 61.6 Å². The lowest BCUT2D eigenvalue weighted by molar-refractivity contribution is -0.124. The minimum absolute atomic E-state index is 0.0641. The second-order valence-corrected chi connectivity index (χ2v) is 6.96. The first-order chi connectivity index (χ1) is 11.5. The summed E-state index contributed by atoms with van der Waals surface area (Å²) in [6, 6.07) is 8.62. The van der Waals surface area contributed by atoms with E-state index in [1.54, 1.807) is 0 Å². The molecule has 5 nitrogen and oxygen atoms in total. The van der Waals surface area contributed by atoms with Crippen molar-refractivity contribution in [3.63, 3.8) is 0 Å². The predicted octanol–water partition coefficient (Wildman–Crippen LogP) is 1.61. The number of hydrogen-bond donors (Lipinski definition) is 2. The SMILES string of the molecule is Cc1cccc(N2CCN(CCCNC(=O)C(C)C(C)N)CC2)c1. The van der Waals surface area contributed by atoms with Crippen LogP contribution in [0.2, 0.25) is 0 Å². The maximum Gasteiger partial charge on any atom is 0.224 e. The fourth-order valence-corrected chi connectivity index (χ4v) is 2.97. The number of nitrogens with zero attached hydrogens (tertiary/aromatic N) is 2. The highest BCUT2D eigenvalue weighted by molar-refractivity contribution is 5.78. The Labute approximate surface area is 146 Å². The molecule has 1 aliphatic rings. The highest BCUT2D eigenvalue weighted by atomic mass is 16.1. The maximum absolute atomic E-state index is 11.9. The molecular weight excluding hydrogens is 300 g/mol. The molecule has 0 bridgehead atoms. The fraction of sp³-hybridized carbons (Fsp3) is 0.632. The molecule has 0 aliphatic carbocycles. The molecule has 1 amide bonds. The third-order valence-electron chi connectivity index (χ3n) is 4.89. The Bertz CT molecular complexity index is 524. The van der Waals surface area contributed by atoms with E-state index in [1.165, 1.54) is 11.3 Å². The van der Waals surface area contributed by atoms with Crippen molar-refractivity contribution in [3.05, 3.63) is 29.8 Å². The van der Waals surface area contributed by atoms with Crippen molar-refractivity contribution in [2.45, 2.75) is 33.2 Å². The van der Waals surface area contributed by atoms with Gasteiger partial charge in [0.25, 0.3) is 0 Å². The van der Waals surface area contributed by atoms with Gasteiger partial charge in [-0.2, -0.15) is 0 Å². The van der Waals surface area contributed by atoms with E-state index < -0.39 is 0 Å². The van der Waals surface area contributed by atoms with Gasteiger partial charge in [0.05, 0.1) is 0 Å². The van der Waals surface area contributed by atoms with Crippen molar-refractivity contribution in [2.75, 3.05) is 44.2 Å². The van der Waals surface area contributed by atoms with Crippen LogP contribution in [0.3, 0.4) is 0 Å². The van der Waals surface area contributed by atoms with E-state index in [9.17, 15) is 4.79 Å². The molecule has 2 rings (SSSR count). The molecule has 1 saturated heterocycles. The molecule has 1 aromatic carbocycles. The van der Waals surface area contributed by atoms with Gasteiger partial charge in [-0.25, -0.2) is 0 Å². The van der Waals surface area contributed by atoms with Gasteiger partial charge in [-0.1, -0.05) is 19.1 Å². The van der Waals surface area contributed by atoms with E-state index in [0.717, 1.165) is 45.7 Å². The van der Waals surface area contributed by atoms with E-state index >= 15 is 0 Å². The van der Waals surface area contributed by atoms with Crippen LogP contribution in [0, 0.1) is 12.8 Å². The highest BCUT2D eigenvalue weighted by Crippen LogP contribution is 2.17. The first kappa shape index (κ1) is 18.7. The van der Waals surface area contributed by atoms with Crippen molar-refractivity contribution >= 4 is 11.6 Å². The standard InChI is InChI=1S/C19H32N4O/c1-15-6-4-7-18(14-15)23-12-10-22(11-13-23)9-5-8-21-19(24)16(2)17(3)20/h4,6-7,14,16-17H,5,8-13,20H2,1-3H3,(H,21,24). The first-order valence-corrected chi connectivity index (χ1v) is 9.04. The number of carbonyl (C=O) groups is 1. The molecule has 0 aromatic heterocycles. The van der Waals surface area contributed by atoms with E-state index in [-0.39, 0.29) is 17.9 Å². The number of rotatable bonds is 7. The Kier molecular flexibility index (Phi) is 7.06. The molecule has 2 unspecified atom stereocenters. The molecule has 134 valence electrons. The monoisotopic (exact) mass is 332 g/mol. The minimum atomic E-state index is -0.122. The van der Waals surface area contributed by atoms with Crippen LogP contribution in [0.1, 0.15) is 25.8 Å². The molecule has 1 aliphatic heterocycles. The van der Waals surface area contributed by atoms with Crippen LogP contribution in [0.25, 0.3) is 0 Å². The molecule has 2 atom stereocenters. The van der Waals surface area contributed by atoms with Crippen LogP contribution in [0.4, 0.5) is 5.69 Å². The summed E-state index contributed by atoms with van der Waals surface area (Å²) in [6.07, 6.45) is 0.988. The zero-order chi connectivity index (χ0) is 17.5. The Hall–Kier alpha value is -1.59. The lowest BCUT2D eigenvalue weighted by Gasteiger charge is -2.36. The van der Waals surface area contributed by atoms with Gasteiger partial charge in [-0.05, 0) is 44.5 Å². The summed E-state index contributed by atoms with van der Waals surface area (Å²) < 4.78 is 0. The number of piperazine rings is 1. The Morgan fingerprint density at radius 3 is 2.58 bits per heavy atom. The Morgan fingerprint density at radius 1 is 1.25 bits per heavy atom. The largest absolute Gasteiger partial charge is 0.369 e. The maximum atomic E-state index is 11.9. The summed E-state index contributed by atoms with van der Waals surface area (Å²) in [4.78, 5) is 16.8. The van der Waals surface area contributed by atoms with Gasteiger partial charge in [0.15, 0.2) is 0 Å². The predicted molar refractivity (Wildman–Crippen MR) is 100 cm³/mol. The van der Waals surface area contributed by atoms with Crippen molar-refractivity contribution in [3.8, 4) is 0 Å². The number of hydrogen-bond acceptors (Lipinski definition) is 4. The molecule has 0 saturated carbocycles. The van der Waals surface area contributed by atoms with E-state index in [4.69, 9.17) is 5.73 Å². The molecule has 1 heterocycles. The number of nitrogens with two attached hydrogens (primary N) is 1. The van der Waals surface area contributed by atoms with E-state index in [0.29, 0.717) is 0 Å². The zero-order valence-electron chi connectivity index (χ0n) is 15.3. The molecule has 5 heteroatoms. The number of aryl methyl sites for hydroxylation is 1. The zero-order valence-corrected chi connectivity index (χ0v) is 15.3. The van der Waals surface area contributed by atoms with Crippen LogP contribution >= 0.6 is 0 Å². The second-order valence-electron chi connectivity index (χ2n) is 6.96. The molecule has 1 fully saturated rings. The van der Waals surface area contributed by atoms with Crippen molar-refractivity contribution in [1.29, 1.82) is 0 Å². The van der Waals surface area contributed by atoms with Gasteiger partial charge < -0.3 is 16.0 Å². The van der Waals surface area contributed by atoms with Crippen LogP contribution < -0.4 is 16.0 Å². The summed E-state index contributed by atoms with van der Waals surface area (Å²) >= 11 is 0. The molecule has 0 radical (unpaired) electrons. The van der Waals surface area contributed by atoms with Gasteiger partial charge in [-0.15, -0.1) is 0 Å². The van der Waals surface area contributed by atoms with Gasteiger partial charge in [0, 0.05) is 50.4 Å². The Balaban J connectivity index is 1.64. The first-order valence-electron chi connectivity index (χ1n) is 9.04. The van der Waals surface area contributed by atoms with Crippen LogP contribution in [-0.2, 0) is 4.79 Å².